The molecule has 0 aliphatic carbocycles. The molecular weight excluding hydrogens is 288 g/mol. The van der Waals surface area contributed by atoms with Crippen LogP contribution in [0, 0.1) is 0 Å². The third-order valence-corrected chi connectivity index (χ3v) is 3.94. The molecule has 0 fully saturated rings. The second-order valence-electron chi connectivity index (χ2n) is 5.98. The van der Waals surface area contributed by atoms with Gasteiger partial charge in [-0.2, -0.15) is 0 Å². The van der Waals surface area contributed by atoms with E-state index in [0.717, 1.165) is 0 Å². The second kappa shape index (κ2) is 7.09. The highest BCUT2D eigenvalue weighted by molar-refractivity contribution is 5.99. The first kappa shape index (κ1) is 16.7. The van der Waals surface area contributed by atoms with Gasteiger partial charge in [-0.05, 0) is 44.5 Å². The molecule has 2 aromatic rings. The first-order chi connectivity index (χ1) is 11.0. The summed E-state index contributed by atoms with van der Waals surface area (Å²) in [6.45, 7) is 5.85. The minimum atomic E-state index is -0.503. The van der Waals surface area contributed by atoms with E-state index in [1.54, 1.807) is 36.4 Å². The smallest absolute Gasteiger partial charge is 0.267 e. The van der Waals surface area contributed by atoms with Gasteiger partial charge in [-0.3, -0.25) is 15.0 Å². The minimum Gasteiger partial charge on any atom is -0.267 e. The molecule has 0 aliphatic heterocycles. The lowest BCUT2D eigenvalue weighted by Gasteiger charge is -2.37. The van der Waals surface area contributed by atoms with E-state index < -0.39 is 5.54 Å². The van der Waals surface area contributed by atoms with Gasteiger partial charge in [0.25, 0.3) is 11.8 Å². The lowest BCUT2D eigenvalue weighted by Crippen LogP contribution is -2.57. The highest BCUT2D eigenvalue weighted by Gasteiger charge is 2.31. The first-order valence-corrected chi connectivity index (χ1v) is 7.71. The number of nitrogens with zero attached hydrogens (tertiary/aromatic N) is 1. The molecule has 0 bridgehead atoms. The van der Waals surface area contributed by atoms with Gasteiger partial charge in [-0.25, -0.2) is 5.01 Å². The molecule has 1 N–H and O–H groups in total. The molecule has 0 unspecified atom stereocenters. The maximum atomic E-state index is 12.8. The largest absolute Gasteiger partial charge is 0.272 e. The van der Waals surface area contributed by atoms with Crippen molar-refractivity contribution in [2.24, 2.45) is 0 Å². The lowest BCUT2D eigenvalue weighted by molar-refractivity contribution is 0.0307. The molecule has 4 nitrogen and oxygen atoms in total. The Morgan fingerprint density at radius 1 is 0.913 bits per heavy atom. The van der Waals surface area contributed by atoms with E-state index in [4.69, 9.17) is 0 Å². The van der Waals surface area contributed by atoms with Crippen molar-refractivity contribution in [1.29, 1.82) is 0 Å². The van der Waals surface area contributed by atoms with Crippen LogP contribution >= 0.6 is 0 Å². The fourth-order valence-electron chi connectivity index (χ4n) is 2.10. The molecule has 0 saturated heterocycles. The highest BCUT2D eigenvalue weighted by atomic mass is 16.2. The topological polar surface area (TPSA) is 49.4 Å². The molecule has 0 radical (unpaired) electrons. The third kappa shape index (κ3) is 3.97. The standard InChI is InChI=1S/C19H22N2O2/c1-4-19(2,3)21(18(23)16-13-9-6-10-14-16)20-17(22)15-11-7-5-8-12-15/h5-14H,4H2,1-3H3,(H,20,22). The van der Waals surface area contributed by atoms with E-state index in [2.05, 4.69) is 5.43 Å². The van der Waals surface area contributed by atoms with Crippen LogP contribution in [0.25, 0.3) is 0 Å². The Hall–Kier alpha value is -2.62. The Bertz CT molecular complexity index is 666. The van der Waals surface area contributed by atoms with Crippen molar-refractivity contribution in [3.05, 3.63) is 71.8 Å². The van der Waals surface area contributed by atoms with E-state index >= 15 is 0 Å². The van der Waals surface area contributed by atoms with E-state index in [-0.39, 0.29) is 11.8 Å². The van der Waals surface area contributed by atoms with Crippen LogP contribution in [0.5, 0.6) is 0 Å². The third-order valence-electron chi connectivity index (χ3n) is 3.94. The van der Waals surface area contributed by atoms with Crippen LogP contribution in [0.2, 0.25) is 0 Å². The Morgan fingerprint density at radius 3 is 1.87 bits per heavy atom. The Balaban J connectivity index is 2.29. The molecule has 0 spiro atoms. The summed E-state index contributed by atoms with van der Waals surface area (Å²) in [7, 11) is 0. The summed E-state index contributed by atoms with van der Waals surface area (Å²) in [6, 6.07) is 17.8. The summed E-state index contributed by atoms with van der Waals surface area (Å²) >= 11 is 0. The summed E-state index contributed by atoms with van der Waals surface area (Å²) < 4.78 is 0. The highest BCUT2D eigenvalue weighted by Crippen LogP contribution is 2.19. The first-order valence-electron chi connectivity index (χ1n) is 7.71. The maximum absolute atomic E-state index is 12.8. The monoisotopic (exact) mass is 310 g/mol. The number of amides is 2. The van der Waals surface area contributed by atoms with Crippen LogP contribution in [0.4, 0.5) is 0 Å². The van der Waals surface area contributed by atoms with Crippen LogP contribution in [0.15, 0.2) is 60.7 Å². The van der Waals surface area contributed by atoms with Crippen LogP contribution in [-0.4, -0.2) is 22.4 Å². The molecule has 4 heteroatoms. The van der Waals surface area contributed by atoms with E-state index in [1.807, 2.05) is 45.0 Å². The van der Waals surface area contributed by atoms with Gasteiger partial charge in [0.05, 0.1) is 5.54 Å². The maximum Gasteiger partial charge on any atom is 0.272 e. The van der Waals surface area contributed by atoms with Crippen molar-refractivity contribution in [2.75, 3.05) is 0 Å². The quantitative estimate of drug-likeness (QED) is 0.876. The Kier molecular flexibility index (Phi) is 5.16. The predicted octanol–water partition coefficient (Wildman–Crippen LogP) is 3.66. The molecule has 0 aromatic heterocycles. The van der Waals surface area contributed by atoms with Gasteiger partial charge in [-0.15, -0.1) is 0 Å². The van der Waals surface area contributed by atoms with Crippen molar-refractivity contribution in [1.82, 2.24) is 10.4 Å². The van der Waals surface area contributed by atoms with Crippen molar-refractivity contribution in [2.45, 2.75) is 32.7 Å². The number of rotatable bonds is 4. The van der Waals surface area contributed by atoms with Crippen LogP contribution in [0.3, 0.4) is 0 Å². The molecule has 23 heavy (non-hydrogen) atoms. The lowest BCUT2D eigenvalue weighted by atomic mass is 10.00. The zero-order valence-corrected chi connectivity index (χ0v) is 13.7. The SMILES string of the molecule is CCC(C)(C)N(NC(=O)c1ccccc1)C(=O)c1ccccc1. The minimum absolute atomic E-state index is 0.221. The van der Waals surface area contributed by atoms with Crippen LogP contribution in [0.1, 0.15) is 47.9 Å². The normalized spacial score (nSPS) is 10.9. The molecule has 2 aromatic carbocycles. The second-order valence-corrected chi connectivity index (χ2v) is 5.98. The number of carbonyl (C=O) groups excluding carboxylic acids is 2. The van der Waals surface area contributed by atoms with Crippen LogP contribution < -0.4 is 5.43 Å². The summed E-state index contributed by atoms with van der Waals surface area (Å²) in [4.78, 5) is 25.3. The molecule has 0 saturated carbocycles. The average Bonchev–Trinajstić information content (AvgIpc) is 2.60. The van der Waals surface area contributed by atoms with E-state index in [1.165, 1.54) is 5.01 Å². The fraction of sp³-hybridized carbons (Fsp3) is 0.263. The number of nitrogens with one attached hydrogen (secondary N) is 1. The summed E-state index contributed by atoms with van der Waals surface area (Å²) in [5.41, 5.74) is 3.33. The van der Waals surface area contributed by atoms with E-state index in [0.29, 0.717) is 17.5 Å². The average molecular weight is 310 g/mol. The Morgan fingerprint density at radius 2 is 1.39 bits per heavy atom. The molecule has 120 valence electrons. The van der Waals surface area contributed by atoms with Gasteiger partial charge in [0.1, 0.15) is 0 Å². The predicted molar refractivity (Wildman–Crippen MR) is 90.9 cm³/mol. The van der Waals surface area contributed by atoms with Crippen molar-refractivity contribution in [3.8, 4) is 0 Å². The van der Waals surface area contributed by atoms with Crippen molar-refractivity contribution < 1.29 is 9.59 Å². The van der Waals surface area contributed by atoms with Crippen molar-refractivity contribution >= 4 is 11.8 Å². The number of hydrogen-bond acceptors (Lipinski definition) is 2. The van der Waals surface area contributed by atoms with Gasteiger partial charge in [0.2, 0.25) is 0 Å². The zero-order valence-electron chi connectivity index (χ0n) is 13.7. The number of hydrazine groups is 1. The molecule has 0 heterocycles. The van der Waals surface area contributed by atoms with Crippen LogP contribution in [-0.2, 0) is 0 Å². The number of carbonyl (C=O) groups is 2. The number of hydrogen-bond donors (Lipinski definition) is 1. The fourth-order valence-corrected chi connectivity index (χ4v) is 2.10. The van der Waals surface area contributed by atoms with Gasteiger partial charge in [0, 0.05) is 11.1 Å². The molecule has 0 aliphatic rings. The van der Waals surface area contributed by atoms with Gasteiger partial charge < -0.3 is 0 Å². The molecule has 2 amide bonds. The number of benzene rings is 2. The van der Waals surface area contributed by atoms with Gasteiger partial charge >= 0.3 is 0 Å². The van der Waals surface area contributed by atoms with Crippen molar-refractivity contribution in [3.63, 3.8) is 0 Å². The molecular formula is C19H22N2O2. The van der Waals surface area contributed by atoms with Gasteiger partial charge in [-0.1, -0.05) is 43.3 Å². The summed E-state index contributed by atoms with van der Waals surface area (Å²) in [6.07, 6.45) is 0.709. The molecule has 2 rings (SSSR count). The van der Waals surface area contributed by atoms with Gasteiger partial charge in [0.15, 0.2) is 0 Å². The summed E-state index contributed by atoms with van der Waals surface area (Å²) in [5, 5.41) is 1.43. The van der Waals surface area contributed by atoms with E-state index in [9.17, 15) is 9.59 Å². The Labute approximate surface area is 137 Å². The zero-order chi connectivity index (χ0) is 16.9. The molecule has 0 atom stereocenters. The summed E-state index contributed by atoms with van der Waals surface area (Å²) in [5.74, 6) is -0.516.